The standard InChI is InChI=1S/C13H18N2O3/c16-12-6-10(7-14-8-12)3-4-15-13(17)11-2-1-5-18-9-11/h6-8,11,16H,1-5,9H2,(H,15,17). The molecule has 1 fully saturated rings. The van der Waals surface area contributed by atoms with Crippen LogP contribution in [0.5, 0.6) is 5.75 Å². The minimum absolute atomic E-state index is 0.0129. The SMILES string of the molecule is O=C(NCCc1cncc(O)c1)C1CCCOC1. The number of nitrogens with zero attached hydrogens (tertiary/aromatic N) is 1. The summed E-state index contributed by atoms with van der Waals surface area (Å²) in [6, 6.07) is 1.66. The molecule has 1 saturated heterocycles. The molecule has 2 N–H and O–H groups in total. The maximum Gasteiger partial charge on any atom is 0.225 e. The van der Waals surface area contributed by atoms with E-state index in [2.05, 4.69) is 10.3 Å². The summed E-state index contributed by atoms with van der Waals surface area (Å²) in [5.74, 6) is 0.198. The lowest BCUT2D eigenvalue weighted by molar-refractivity contribution is -0.128. The number of pyridine rings is 1. The Kier molecular flexibility index (Phi) is 4.52. The lowest BCUT2D eigenvalue weighted by Crippen LogP contribution is -2.36. The number of ether oxygens (including phenoxy) is 1. The number of rotatable bonds is 4. The third kappa shape index (κ3) is 3.70. The van der Waals surface area contributed by atoms with Crippen LogP contribution in [0.2, 0.25) is 0 Å². The van der Waals surface area contributed by atoms with Crippen LogP contribution in [-0.2, 0) is 16.0 Å². The molecule has 2 heterocycles. The van der Waals surface area contributed by atoms with Crippen LogP contribution < -0.4 is 5.32 Å². The van der Waals surface area contributed by atoms with E-state index in [4.69, 9.17) is 4.74 Å². The van der Waals surface area contributed by atoms with Crippen molar-refractivity contribution in [3.63, 3.8) is 0 Å². The Bertz CT molecular complexity index is 403. The number of aromatic nitrogens is 1. The summed E-state index contributed by atoms with van der Waals surface area (Å²) in [7, 11) is 0. The summed E-state index contributed by atoms with van der Waals surface area (Å²) in [6.07, 6.45) is 5.60. The molecule has 1 aromatic heterocycles. The molecule has 1 aromatic rings. The van der Waals surface area contributed by atoms with Crippen LogP contribution in [0.4, 0.5) is 0 Å². The third-order valence-corrected chi connectivity index (χ3v) is 3.02. The molecule has 1 aliphatic heterocycles. The van der Waals surface area contributed by atoms with Crippen LogP contribution in [-0.4, -0.2) is 35.8 Å². The Labute approximate surface area is 106 Å². The molecule has 18 heavy (non-hydrogen) atoms. The van der Waals surface area contributed by atoms with E-state index >= 15 is 0 Å². The maximum absolute atomic E-state index is 11.8. The normalized spacial score (nSPS) is 19.4. The number of carbonyl (C=O) groups is 1. The summed E-state index contributed by atoms with van der Waals surface area (Å²) < 4.78 is 5.28. The Morgan fingerprint density at radius 1 is 1.56 bits per heavy atom. The fraction of sp³-hybridized carbons (Fsp3) is 0.538. The van der Waals surface area contributed by atoms with Crippen LogP contribution >= 0.6 is 0 Å². The van der Waals surface area contributed by atoms with Crippen molar-refractivity contribution in [1.29, 1.82) is 0 Å². The first-order valence-electron chi connectivity index (χ1n) is 6.24. The molecule has 0 radical (unpaired) electrons. The predicted octanol–water partition coefficient (Wildman–Crippen LogP) is 0.872. The third-order valence-electron chi connectivity index (χ3n) is 3.02. The number of carbonyl (C=O) groups excluding carboxylic acids is 1. The van der Waals surface area contributed by atoms with Crippen molar-refractivity contribution in [2.75, 3.05) is 19.8 Å². The van der Waals surface area contributed by atoms with Crippen molar-refractivity contribution < 1.29 is 14.6 Å². The van der Waals surface area contributed by atoms with Gasteiger partial charge in [-0.05, 0) is 30.9 Å². The molecule has 0 spiro atoms. The van der Waals surface area contributed by atoms with Crippen molar-refractivity contribution in [1.82, 2.24) is 10.3 Å². The maximum atomic E-state index is 11.8. The average Bonchev–Trinajstić information content (AvgIpc) is 2.40. The number of nitrogens with one attached hydrogen (secondary N) is 1. The molecule has 5 heteroatoms. The summed E-state index contributed by atoms with van der Waals surface area (Å²) >= 11 is 0. The number of amides is 1. The predicted molar refractivity (Wildman–Crippen MR) is 66.2 cm³/mol. The summed E-state index contributed by atoms with van der Waals surface area (Å²) in [6.45, 7) is 1.85. The molecule has 0 aromatic carbocycles. The van der Waals surface area contributed by atoms with Crippen LogP contribution in [0, 0.1) is 5.92 Å². The lowest BCUT2D eigenvalue weighted by atomic mass is 10.0. The second-order valence-electron chi connectivity index (χ2n) is 4.51. The molecule has 1 amide bonds. The van der Waals surface area contributed by atoms with Crippen LogP contribution in [0.1, 0.15) is 18.4 Å². The van der Waals surface area contributed by atoms with E-state index in [0.29, 0.717) is 19.6 Å². The van der Waals surface area contributed by atoms with E-state index in [1.54, 1.807) is 12.3 Å². The minimum atomic E-state index is -0.0129. The zero-order valence-electron chi connectivity index (χ0n) is 10.3. The highest BCUT2D eigenvalue weighted by Gasteiger charge is 2.20. The quantitative estimate of drug-likeness (QED) is 0.832. The summed E-state index contributed by atoms with van der Waals surface area (Å²) in [4.78, 5) is 15.7. The van der Waals surface area contributed by atoms with Gasteiger partial charge in [0.25, 0.3) is 0 Å². The van der Waals surface area contributed by atoms with Crippen LogP contribution in [0.3, 0.4) is 0 Å². The first-order chi connectivity index (χ1) is 8.75. The van der Waals surface area contributed by atoms with Crippen molar-refractivity contribution in [2.45, 2.75) is 19.3 Å². The Morgan fingerprint density at radius 2 is 2.44 bits per heavy atom. The number of hydrogen-bond donors (Lipinski definition) is 2. The van der Waals surface area contributed by atoms with Gasteiger partial charge in [0.1, 0.15) is 5.75 Å². The van der Waals surface area contributed by atoms with E-state index in [0.717, 1.165) is 25.0 Å². The Balaban J connectivity index is 1.73. The monoisotopic (exact) mass is 250 g/mol. The van der Waals surface area contributed by atoms with Gasteiger partial charge in [0.2, 0.25) is 5.91 Å². The highest BCUT2D eigenvalue weighted by molar-refractivity contribution is 5.78. The zero-order valence-corrected chi connectivity index (χ0v) is 10.3. The van der Waals surface area contributed by atoms with Crippen molar-refractivity contribution >= 4 is 5.91 Å². The van der Waals surface area contributed by atoms with Gasteiger partial charge >= 0.3 is 0 Å². The molecule has 1 unspecified atom stereocenters. The van der Waals surface area contributed by atoms with Gasteiger partial charge in [-0.2, -0.15) is 0 Å². The fourth-order valence-electron chi connectivity index (χ4n) is 2.03. The largest absolute Gasteiger partial charge is 0.506 e. The number of hydrogen-bond acceptors (Lipinski definition) is 4. The van der Waals surface area contributed by atoms with Gasteiger partial charge < -0.3 is 15.2 Å². The van der Waals surface area contributed by atoms with Gasteiger partial charge in [-0.15, -0.1) is 0 Å². The van der Waals surface area contributed by atoms with Crippen LogP contribution in [0.15, 0.2) is 18.5 Å². The van der Waals surface area contributed by atoms with Gasteiger partial charge in [-0.3, -0.25) is 9.78 Å². The van der Waals surface area contributed by atoms with Crippen molar-refractivity contribution in [3.8, 4) is 5.75 Å². The molecule has 0 saturated carbocycles. The molecular formula is C13H18N2O3. The Hall–Kier alpha value is -1.62. The molecule has 0 aliphatic carbocycles. The van der Waals surface area contributed by atoms with Gasteiger partial charge in [-0.1, -0.05) is 0 Å². The first kappa shape index (κ1) is 12.8. The fourth-order valence-corrected chi connectivity index (χ4v) is 2.03. The van der Waals surface area contributed by atoms with Gasteiger partial charge in [0, 0.05) is 19.3 Å². The highest BCUT2D eigenvalue weighted by Crippen LogP contribution is 2.13. The van der Waals surface area contributed by atoms with Gasteiger partial charge in [-0.25, -0.2) is 0 Å². The first-order valence-corrected chi connectivity index (χ1v) is 6.24. The van der Waals surface area contributed by atoms with Crippen LogP contribution in [0.25, 0.3) is 0 Å². The smallest absolute Gasteiger partial charge is 0.225 e. The zero-order chi connectivity index (χ0) is 12.8. The van der Waals surface area contributed by atoms with E-state index in [1.807, 2.05) is 0 Å². The molecule has 2 rings (SSSR count). The summed E-state index contributed by atoms with van der Waals surface area (Å²) in [5.41, 5.74) is 0.912. The lowest BCUT2D eigenvalue weighted by Gasteiger charge is -2.21. The highest BCUT2D eigenvalue weighted by atomic mass is 16.5. The van der Waals surface area contributed by atoms with E-state index in [1.165, 1.54) is 6.20 Å². The Morgan fingerprint density at radius 3 is 3.17 bits per heavy atom. The van der Waals surface area contributed by atoms with Gasteiger partial charge in [0.15, 0.2) is 0 Å². The molecule has 5 nitrogen and oxygen atoms in total. The van der Waals surface area contributed by atoms with Gasteiger partial charge in [0.05, 0.1) is 18.7 Å². The molecule has 0 bridgehead atoms. The van der Waals surface area contributed by atoms with Crippen molar-refractivity contribution in [3.05, 3.63) is 24.0 Å². The van der Waals surface area contributed by atoms with E-state index in [9.17, 15) is 9.90 Å². The second kappa shape index (κ2) is 6.35. The second-order valence-corrected chi connectivity index (χ2v) is 4.51. The molecule has 1 aliphatic rings. The average molecular weight is 250 g/mol. The topological polar surface area (TPSA) is 71.5 Å². The van der Waals surface area contributed by atoms with E-state index in [-0.39, 0.29) is 17.6 Å². The molecular weight excluding hydrogens is 232 g/mol. The van der Waals surface area contributed by atoms with E-state index < -0.39 is 0 Å². The molecule has 1 atom stereocenters. The summed E-state index contributed by atoms with van der Waals surface area (Å²) in [5, 5.41) is 12.2. The minimum Gasteiger partial charge on any atom is -0.506 e. The van der Waals surface area contributed by atoms with Crippen molar-refractivity contribution in [2.24, 2.45) is 5.92 Å². The number of aromatic hydroxyl groups is 1. The molecule has 98 valence electrons.